The van der Waals surface area contributed by atoms with Crippen molar-refractivity contribution >= 4 is 29.4 Å². The number of carboxylic acid groups (broad SMARTS) is 2. The molecule has 3 aromatic rings. The van der Waals surface area contributed by atoms with Crippen LogP contribution in [0.5, 0.6) is 0 Å². The fourth-order valence-electron chi connectivity index (χ4n) is 4.18. The predicted molar refractivity (Wildman–Crippen MR) is 142 cm³/mol. The number of aliphatic hydroxyl groups excluding tert-OH is 1. The number of nitrogens with one attached hydrogen (secondary N) is 2. The zero-order valence-corrected chi connectivity index (χ0v) is 21.1. The zero-order chi connectivity index (χ0) is 28.3. The smallest absolute Gasteiger partial charge is 0.333 e. The number of pyridine rings is 2. The van der Waals surface area contributed by atoms with Gasteiger partial charge in [-0.2, -0.15) is 5.26 Å². The number of carbonyl (C=O) groups is 3. The van der Waals surface area contributed by atoms with Crippen LogP contribution in [-0.2, 0) is 21.5 Å². The van der Waals surface area contributed by atoms with Crippen LogP contribution in [0.2, 0.25) is 0 Å². The maximum atomic E-state index is 12.9. The first-order valence-electron chi connectivity index (χ1n) is 12.3. The number of amides is 1. The van der Waals surface area contributed by atoms with Crippen molar-refractivity contribution < 1.29 is 29.7 Å². The first kappa shape index (κ1) is 28.7. The molecule has 0 bridgehead atoms. The van der Waals surface area contributed by atoms with Crippen molar-refractivity contribution in [3.05, 3.63) is 83.8 Å². The number of rotatable bonds is 9. The van der Waals surface area contributed by atoms with E-state index in [0.717, 1.165) is 36.8 Å². The highest BCUT2D eigenvalue weighted by molar-refractivity contribution is 6.07. The Morgan fingerprint density at radius 2 is 1.67 bits per heavy atom. The van der Waals surface area contributed by atoms with Gasteiger partial charge in [0, 0.05) is 30.8 Å². The molecule has 1 fully saturated rings. The van der Waals surface area contributed by atoms with Gasteiger partial charge in [0.05, 0.1) is 23.5 Å². The molecule has 2 heterocycles. The number of carbonyl (C=O) groups excluding carboxylic acids is 1. The van der Waals surface area contributed by atoms with Crippen molar-refractivity contribution in [1.82, 2.24) is 9.97 Å². The molecule has 11 nitrogen and oxygen atoms in total. The number of nitriles is 1. The molecule has 202 valence electrons. The van der Waals surface area contributed by atoms with Gasteiger partial charge in [0.15, 0.2) is 6.10 Å². The van der Waals surface area contributed by atoms with Crippen LogP contribution in [0.25, 0.3) is 0 Å². The van der Waals surface area contributed by atoms with E-state index in [-0.39, 0.29) is 11.3 Å². The maximum absolute atomic E-state index is 12.9. The monoisotopic (exact) mass is 531 g/mol. The molecule has 1 aliphatic carbocycles. The number of aliphatic carboxylic acids is 2. The molecular formula is C28H29N5O6. The normalized spacial score (nSPS) is 14.2. The number of carboxylic acids is 2. The van der Waals surface area contributed by atoms with Crippen LogP contribution in [0, 0.1) is 11.3 Å². The van der Waals surface area contributed by atoms with Gasteiger partial charge in [-0.1, -0.05) is 25.0 Å². The molecule has 1 unspecified atom stereocenters. The zero-order valence-electron chi connectivity index (χ0n) is 21.1. The van der Waals surface area contributed by atoms with E-state index in [1.807, 2.05) is 36.4 Å². The standard InChI is InChI=1S/C24H23N5O.C4H6O5/c25-17-24(11-1-2-12-24)19-5-7-20(8-6-19)29-23(30)21-4-3-13-27-22(21)28-16-18-9-14-26-15-10-18;5-2(4(8)9)1-3(6)7/h3-10,13-15H,1-2,11-12,16H2,(H,27,28)(H,29,30);2,5H,1H2,(H,6,7)(H,8,9). The van der Waals surface area contributed by atoms with Crippen molar-refractivity contribution in [3.8, 4) is 6.07 Å². The van der Waals surface area contributed by atoms with Crippen LogP contribution in [0.1, 0.15) is 53.6 Å². The summed E-state index contributed by atoms with van der Waals surface area (Å²) in [5.41, 5.74) is 2.87. The molecule has 1 saturated carbocycles. The molecule has 0 saturated heterocycles. The Hall–Kier alpha value is -4.82. The third-order valence-corrected chi connectivity index (χ3v) is 6.28. The van der Waals surface area contributed by atoms with Gasteiger partial charge in [-0.05, 0) is 60.4 Å². The van der Waals surface area contributed by atoms with E-state index in [9.17, 15) is 19.6 Å². The summed E-state index contributed by atoms with van der Waals surface area (Å²) in [7, 11) is 0. The van der Waals surface area contributed by atoms with Gasteiger partial charge in [-0.25, -0.2) is 9.78 Å². The van der Waals surface area contributed by atoms with Crippen molar-refractivity contribution in [3.63, 3.8) is 0 Å². The number of nitrogens with zero attached hydrogens (tertiary/aromatic N) is 3. The molecular weight excluding hydrogens is 502 g/mol. The van der Waals surface area contributed by atoms with E-state index in [1.165, 1.54) is 0 Å². The number of benzene rings is 1. The highest BCUT2D eigenvalue weighted by Crippen LogP contribution is 2.40. The summed E-state index contributed by atoms with van der Waals surface area (Å²) < 4.78 is 0. The summed E-state index contributed by atoms with van der Waals surface area (Å²) in [6.07, 6.45) is 6.55. The lowest BCUT2D eigenvalue weighted by Crippen LogP contribution is -2.22. The van der Waals surface area contributed by atoms with Gasteiger partial charge < -0.3 is 26.0 Å². The van der Waals surface area contributed by atoms with Gasteiger partial charge in [-0.15, -0.1) is 0 Å². The quantitative estimate of drug-likeness (QED) is 0.273. The molecule has 0 aliphatic heterocycles. The Labute approximate surface area is 225 Å². The molecule has 4 rings (SSSR count). The third-order valence-electron chi connectivity index (χ3n) is 6.28. The number of anilines is 2. The van der Waals surface area contributed by atoms with Gasteiger partial charge in [0.25, 0.3) is 5.91 Å². The van der Waals surface area contributed by atoms with E-state index >= 15 is 0 Å². The lowest BCUT2D eigenvalue weighted by molar-refractivity contribution is -0.152. The average molecular weight is 532 g/mol. The summed E-state index contributed by atoms with van der Waals surface area (Å²) in [6, 6.07) is 17.5. The average Bonchev–Trinajstić information content (AvgIpc) is 3.43. The van der Waals surface area contributed by atoms with Crippen molar-refractivity contribution in [2.45, 2.75) is 50.2 Å². The molecule has 5 N–H and O–H groups in total. The second-order valence-corrected chi connectivity index (χ2v) is 8.99. The fraction of sp³-hybridized carbons (Fsp3) is 0.286. The van der Waals surface area contributed by atoms with Crippen LogP contribution in [0.3, 0.4) is 0 Å². The predicted octanol–water partition coefficient (Wildman–Crippen LogP) is 3.58. The van der Waals surface area contributed by atoms with E-state index in [4.69, 9.17) is 15.3 Å². The molecule has 2 aromatic heterocycles. The van der Waals surface area contributed by atoms with Crippen LogP contribution in [-0.4, -0.2) is 49.2 Å². The van der Waals surface area contributed by atoms with Crippen molar-refractivity contribution in [2.75, 3.05) is 10.6 Å². The maximum Gasteiger partial charge on any atom is 0.333 e. The number of hydrogen-bond donors (Lipinski definition) is 5. The number of aliphatic hydroxyl groups is 1. The van der Waals surface area contributed by atoms with Gasteiger partial charge in [0.2, 0.25) is 0 Å². The third kappa shape index (κ3) is 8.08. The Morgan fingerprint density at radius 3 is 2.23 bits per heavy atom. The van der Waals surface area contributed by atoms with E-state index in [2.05, 4.69) is 26.7 Å². The van der Waals surface area contributed by atoms with Gasteiger partial charge in [-0.3, -0.25) is 14.6 Å². The highest BCUT2D eigenvalue weighted by atomic mass is 16.4. The Kier molecular flexibility index (Phi) is 10.1. The molecule has 1 atom stereocenters. The molecule has 11 heteroatoms. The summed E-state index contributed by atoms with van der Waals surface area (Å²) in [5, 5.41) is 40.0. The topological polar surface area (TPSA) is 186 Å². The summed E-state index contributed by atoms with van der Waals surface area (Å²) >= 11 is 0. The number of aromatic nitrogens is 2. The summed E-state index contributed by atoms with van der Waals surface area (Å²) in [6.45, 7) is 0.546. The van der Waals surface area contributed by atoms with Crippen molar-refractivity contribution in [1.29, 1.82) is 5.26 Å². The Bertz CT molecular complexity index is 1320. The first-order chi connectivity index (χ1) is 18.7. The van der Waals surface area contributed by atoms with Gasteiger partial charge in [0.1, 0.15) is 5.82 Å². The van der Waals surface area contributed by atoms with Crippen LogP contribution in [0.15, 0.2) is 67.1 Å². The minimum absolute atomic E-state index is 0.232. The minimum atomic E-state index is -1.79. The van der Waals surface area contributed by atoms with E-state index in [0.29, 0.717) is 23.6 Å². The number of hydrogen-bond acceptors (Lipinski definition) is 8. The summed E-state index contributed by atoms with van der Waals surface area (Å²) in [4.78, 5) is 40.6. The minimum Gasteiger partial charge on any atom is -0.481 e. The van der Waals surface area contributed by atoms with E-state index in [1.54, 1.807) is 30.7 Å². The van der Waals surface area contributed by atoms with Crippen LogP contribution >= 0.6 is 0 Å². The fourth-order valence-corrected chi connectivity index (χ4v) is 4.18. The van der Waals surface area contributed by atoms with E-state index < -0.39 is 24.5 Å². The first-order valence-corrected chi connectivity index (χ1v) is 12.3. The lowest BCUT2D eigenvalue weighted by Gasteiger charge is -2.21. The van der Waals surface area contributed by atoms with Crippen LogP contribution in [0.4, 0.5) is 11.5 Å². The molecule has 1 aliphatic rings. The SMILES string of the molecule is N#CC1(c2ccc(NC(=O)c3cccnc3NCc3ccncc3)cc2)CCCC1.O=C(O)CC(O)C(=O)O. The largest absolute Gasteiger partial charge is 0.481 e. The second kappa shape index (κ2) is 13.6. The molecule has 1 amide bonds. The molecule has 39 heavy (non-hydrogen) atoms. The van der Waals surface area contributed by atoms with Crippen LogP contribution < -0.4 is 10.6 Å². The second-order valence-electron chi connectivity index (χ2n) is 8.99. The van der Waals surface area contributed by atoms with Crippen molar-refractivity contribution in [2.24, 2.45) is 0 Å². The highest BCUT2D eigenvalue weighted by Gasteiger charge is 2.35. The molecule has 1 aromatic carbocycles. The molecule has 0 radical (unpaired) electrons. The Morgan fingerprint density at radius 1 is 1.00 bits per heavy atom. The lowest BCUT2D eigenvalue weighted by atomic mass is 9.80. The summed E-state index contributed by atoms with van der Waals surface area (Å²) in [5.74, 6) is -2.55. The molecule has 0 spiro atoms. The van der Waals surface area contributed by atoms with Gasteiger partial charge >= 0.3 is 11.9 Å². The Balaban J connectivity index is 0.000000403.